The van der Waals surface area contributed by atoms with E-state index in [1.807, 2.05) is 50.2 Å². The van der Waals surface area contributed by atoms with Crippen molar-refractivity contribution in [1.82, 2.24) is 5.32 Å². The Kier molecular flexibility index (Phi) is 5.68. The van der Waals surface area contributed by atoms with Crippen LogP contribution in [0.25, 0.3) is 0 Å². The van der Waals surface area contributed by atoms with Crippen LogP contribution in [-0.4, -0.2) is 24.1 Å². The molecule has 1 atom stereocenters. The molecule has 2 aromatic carbocycles. The predicted molar refractivity (Wildman–Crippen MR) is 97.6 cm³/mol. The Bertz CT molecular complexity index is 800. The highest BCUT2D eigenvalue weighted by Crippen LogP contribution is 2.20. The Morgan fingerprint density at radius 3 is 2.62 bits per heavy atom. The van der Waals surface area contributed by atoms with E-state index in [4.69, 9.17) is 9.47 Å². The summed E-state index contributed by atoms with van der Waals surface area (Å²) >= 11 is 0. The summed E-state index contributed by atoms with van der Waals surface area (Å²) in [5.41, 5.74) is 3.40. The first-order valence-electron chi connectivity index (χ1n) is 8.79. The maximum absolute atomic E-state index is 12.5. The summed E-state index contributed by atoms with van der Waals surface area (Å²) in [6.45, 7) is 4.83. The normalized spacial score (nSPS) is 16.1. The van der Waals surface area contributed by atoms with Crippen molar-refractivity contribution in [3.63, 3.8) is 0 Å². The fourth-order valence-electron chi connectivity index (χ4n) is 2.90. The van der Waals surface area contributed by atoms with Gasteiger partial charge in [0.2, 0.25) is 0 Å². The number of carbonyl (C=O) groups excluding carboxylic acids is 2. The van der Waals surface area contributed by atoms with Gasteiger partial charge in [-0.15, -0.1) is 0 Å². The van der Waals surface area contributed by atoms with E-state index < -0.39 is 12.1 Å². The molecule has 0 aliphatic carbocycles. The van der Waals surface area contributed by atoms with Gasteiger partial charge in [-0.3, -0.25) is 4.79 Å². The number of esters is 1. The summed E-state index contributed by atoms with van der Waals surface area (Å²) < 4.78 is 11.0. The van der Waals surface area contributed by atoms with Gasteiger partial charge in [-0.2, -0.15) is 0 Å². The lowest BCUT2D eigenvalue weighted by Gasteiger charge is -2.24. The van der Waals surface area contributed by atoms with Crippen molar-refractivity contribution in [3.05, 3.63) is 70.8 Å². The predicted octanol–water partition coefficient (Wildman–Crippen LogP) is 3.01. The highest BCUT2D eigenvalue weighted by molar-refractivity contribution is 5.95. The largest absolute Gasteiger partial charge is 0.448 e. The maximum atomic E-state index is 12.5. The first kappa shape index (κ1) is 18.1. The molecular weight excluding hydrogens is 330 g/mol. The molecule has 0 bridgehead atoms. The van der Waals surface area contributed by atoms with Crippen molar-refractivity contribution in [3.8, 4) is 0 Å². The first-order valence-corrected chi connectivity index (χ1v) is 8.79. The SMILES string of the molecule is CC(C)OCc1ccccc1CNC(=O)C1Cc2ccccc2C(=O)O1. The molecule has 5 heteroatoms. The van der Waals surface area contributed by atoms with Crippen LogP contribution in [0.15, 0.2) is 48.5 Å². The third kappa shape index (κ3) is 4.29. The van der Waals surface area contributed by atoms with Gasteiger partial charge in [-0.25, -0.2) is 4.79 Å². The number of cyclic esters (lactones) is 1. The van der Waals surface area contributed by atoms with E-state index in [2.05, 4.69) is 5.32 Å². The molecular formula is C21H23NO4. The molecule has 136 valence electrons. The van der Waals surface area contributed by atoms with Gasteiger partial charge in [0.1, 0.15) is 0 Å². The number of fused-ring (bicyclic) bond motifs is 1. The molecule has 0 radical (unpaired) electrons. The maximum Gasteiger partial charge on any atom is 0.339 e. The number of ether oxygens (including phenoxy) is 2. The van der Waals surface area contributed by atoms with E-state index in [9.17, 15) is 9.59 Å². The summed E-state index contributed by atoms with van der Waals surface area (Å²) in [6, 6.07) is 15.0. The van der Waals surface area contributed by atoms with Crippen molar-refractivity contribution in [2.45, 2.75) is 45.6 Å². The molecule has 1 unspecified atom stereocenters. The van der Waals surface area contributed by atoms with Crippen molar-refractivity contribution >= 4 is 11.9 Å². The van der Waals surface area contributed by atoms with E-state index in [1.165, 1.54) is 0 Å². The fourth-order valence-corrected chi connectivity index (χ4v) is 2.90. The third-order valence-corrected chi connectivity index (χ3v) is 4.33. The minimum absolute atomic E-state index is 0.138. The number of amides is 1. The van der Waals surface area contributed by atoms with Gasteiger partial charge < -0.3 is 14.8 Å². The second-order valence-electron chi connectivity index (χ2n) is 6.60. The molecule has 0 spiro atoms. The molecule has 0 fully saturated rings. The summed E-state index contributed by atoms with van der Waals surface area (Å²) in [5.74, 6) is -0.731. The monoisotopic (exact) mass is 353 g/mol. The van der Waals surface area contributed by atoms with E-state index in [0.29, 0.717) is 25.1 Å². The molecule has 1 N–H and O–H groups in total. The number of hydrogen-bond acceptors (Lipinski definition) is 4. The van der Waals surface area contributed by atoms with Gasteiger partial charge in [0.05, 0.1) is 18.3 Å². The Labute approximate surface area is 153 Å². The van der Waals surface area contributed by atoms with E-state index >= 15 is 0 Å². The second kappa shape index (κ2) is 8.15. The minimum Gasteiger partial charge on any atom is -0.448 e. The standard InChI is InChI=1S/C21H23NO4/c1-14(2)25-13-17-9-4-3-8-16(17)12-22-20(23)19-11-15-7-5-6-10-18(15)21(24)26-19/h3-10,14,19H,11-13H2,1-2H3,(H,22,23). The van der Waals surface area contributed by atoms with Gasteiger partial charge in [-0.05, 0) is 36.6 Å². The zero-order valence-electron chi connectivity index (χ0n) is 15.0. The highest BCUT2D eigenvalue weighted by Gasteiger charge is 2.30. The van der Waals surface area contributed by atoms with Gasteiger partial charge in [0, 0.05) is 13.0 Å². The Morgan fingerprint density at radius 2 is 1.85 bits per heavy atom. The van der Waals surface area contributed by atoms with Crippen molar-refractivity contribution < 1.29 is 19.1 Å². The average Bonchev–Trinajstić information content (AvgIpc) is 2.65. The molecule has 5 nitrogen and oxygen atoms in total. The minimum atomic E-state index is -0.795. The number of carbonyl (C=O) groups is 2. The summed E-state index contributed by atoms with van der Waals surface area (Å²) in [4.78, 5) is 24.5. The molecule has 0 aromatic heterocycles. The fraction of sp³-hybridized carbons (Fsp3) is 0.333. The second-order valence-corrected chi connectivity index (χ2v) is 6.60. The van der Waals surface area contributed by atoms with Crippen LogP contribution in [-0.2, 0) is 33.8 Å². The Morgan fingerprint density at radius 1 is 1.15 bits per heavy atom. The number of benzene rings is 2. The topological polar surface area (TPSA) is 64.6 Å². The lowest BCUT2D eigenvalue weighted by molar-refractivity contribution is -0.130. The number of nitrogens with one attached hydrogen (secondary N) is 1. The van der Waals surface area contributed by atoms with Gasteiger partial charge in [0.25, 0.3) is 5.91 Å². The molecule has 0 saturated heterocycles. The zero-order chi connectivity index (χ0) is 18.5. The van der Waals surface area contributed by atoms with Gasteiger partial charge >= 0.3 is 5.97 Å². The molecule has 0 saturated carbocycles. The summed E-state index contributed by atoms with van der Waals surface area (Å²) in [5, 5.41) is 2.88. The van der Waals surface area contributed by atoms with Gasteiger partial charge in [0.15, 0.2) is 6.10 Å². The van der Waals surface area contributed by atoms with Crippen LogP contribution < -0.4 is 5.32 Å². The number of hydrogen-bond donors (Lipinski definition) is 1. The molecule has 3 rings (SSSR count). The summed E-state index contributed by atoms with van der Waals surface area (Å²) in [6.07, 6.45) is -0.262. The molecule has 1 heterocycles. The van der Waals surface area contributed by atoms with Crippen LogP contribution in [0, 0.1) is 0 Å². The Hall–Kier alpha value is -2.66. The summed E-state index contributed by atoms with van der Waals surface area (Å²) in [7, 11) is 0. The van der Waals surface area contributed by atoms with Gasteiger partial charge in [-0.1, -0.05) is 42.5 Å². The highest BCUT2D eigenvalue weighted by atomic mass is 16.5. The molecule has 2 aromatic rings. The number of rotatable bonds is 6. The van der Waals surface area contributed by atoms with Crippen molar-refractivity contribution in [2.24, 2.45) is 0 Å². The van der Waals surface area contributed by atoms with Crippen LogP contribution in [0.1, 0.15) is 40.9 Å². The first-order chi connectivity index (χ1) is 12.5. The van der Waals surface area contributed by atoms with Crippen LogP contribution in [0.4, 0.5) is 0 Å². The quantitative estimate of drug-likeness (QED) is 0.811. The molecule has 1 aliphatic heterocycles. The molecule has 1 aliphatic rings. The van der Waals surface area contributed by atoms with Crippen LogP contribution in [0.2, 0.25) is 0 Å². The van der Waals surface area contributed by atoms with Crippen LogP contribution >= 0.6 is 0 Å². The van der Waals surface area contributed by atoms with Crippen molar-refractivity contribution in [2.75, 3.05) is 0 Å². The lowest BCUT2D eigenvalue weighted by Crippen LogP contribution is -2.41. The van der Waals surface area contributed by atoms with E-state index in [-0.39, 0.29) is 12.0 Å². The van der Waals surface area contributed by atoms with Crippen molar-refractivity contribution in [1.29, 1.82) is 0 Å². The smallest absolute Gasteiger partial charge is 0.339 e. The van der Waals surface area contributed by atoms with Crippen LogP contribution in [0.5, 0.6) is 0 Å². The third-order valence-electron chi connectivity index (χ3n) is 4.33. The molecule has 1 amide bonds. The van der Waals surface area contributed by atoms with Crippen LogP contribution in [0.3, 0.4) is 0 Å². The van der Waals surface area contributed by atoms with E-state index in [0.717, 1.165) is 16.7 Å². The average molecular weight is 353 g/mol. The molecule has 26 heavy (non-hydrogen) atoms. The Balaban J connectivity index is 1.62. The van der Waals surface area contributed by atoms with E-state index in [1.54, 1.807) is 12.1 Å². The zero-order valence-corrected chi connectivity index (χ0v) is 15.0. The lowest BCUT2D eigenvalue weighted by atomic mass is 9.98.